The molecule has 1 atom stereocenters. The van der Waals surface area contributed by atoms with Gasteiger partial charge in [-0.2, -0.15) is 0 Å². The summed E-state index contributed by atoms with van der Waals surface area (Å²) in [5.74, 6) is 2.58. The van der Waals surface area contributed by atoms with Crippen LogP contribution in [0.5, 0.6) is 0 Å². The molecule has 1 saturated heterocycles. The Bertz CT molecular complexity index is 755. The first-order valence-corrected chi connectivity index (χ1v) is 9.19. The predicted octanol–water partition coefficient (Wildman–Crippen LogP) is 1.83. The van der Waals surface area contributed by atoms with Crippen molar-refractivity contribution in [2.75, 3.05) is 25.0 Å². The number of benzene rings is 1. The van der Waals surface area contributed by atoms with E-state index < -0.39 is 0 Å². The van der Waals surface area contributed by atoms with Crippen molar-refractivity contribution in [2.45, 2.75) is 25.9 Å². The lowest BCUT2D eigenvalue weighted by atomic mass is 10.3. The van der Waals surface area contributed by atoms with E-state index in [1.807, 2.05) is 24.6 Å². The molecule has 0 radical (unpaired) electrons. The second-order valence-electron chi connectivity index (χ2n) is 6.18. The SMILES string of the molecule is CN=C(NCc1nnc(C)n1C)NC1CCN(c2ccccc2Br)C1. The van der Waals surface area contributed by atoms with E-state index in [1.165, 1.54) is 5.69 Å². The average Bonchev–Trinajstić information content (AvgIpc) is 3.20. The van der Waals surface area contributed by atoms with Gasteiger partial charge in [-0.15, -0.1) is 10.2 Å². The topological polar surface area (TPSA) is 70.4 Å². The summed E-state index contributed by atoms with van der Waals surface area (Å²) in [7, 11) is 3.76. The molecule has 1 aromatic heterocycles. The summed E-state index contributed by atoms with van der Waals surface area (Å²) in [5.41, 5.74) is 1.24. The van der Waals surface area contributed by atoms with Crippen LogP contribution in [0.15, 0.2) is 33.7 Å². The molecule has 25 heavy (non-hydrogen) atoms. The van der Waals surface area contributed by atoms with E-state index >= 15 is 0 Å². The quantitative estimate of drug-likeness (QED) is 0.599. The summed E-state index contributed by atoms with van der Waals surface area (Å²) >= 11 is 3.64. The van der Waals surface area contributed by atoms with Crippen LogP contribution in [0.25, 0.3) is 0 Å². The Kier molecular flexibility index (Phi) is 5.57. The third-order valence-corrected chi connectivity index (χ3v) is 5.21. The number of hydrogen-bond acceptors (Lipinski definition) is 4. The molecule has 0 aliphatic carbocycles. The van der Waals surface area contributed by atoms with Crippen molar-refractivity contribution in [3.8, 4) is 0 Å². The van der Waals surface area contributed by atoms with E-state index in [0.29, 0.717) is 12.6 Å². The zero-order chi connectivity index (χ0) is 17.8. The van der Waals surface area contributed by atoms with Gasteiger partial charge in [0.2, 0.25) is 0 Å². The molecule has 1 aliphatic heterocycles. The fourth-order valence-electron chi connectivity index (χ4n) is 2.96. The van der Waals surface area contributed by atoms with Crippen LogP contribution < -0.4 is 15.5 Å². The van der Waals surface area contributed by atoms with Gasteiger partial charge in [0.1, 0.15) is 5.82 Å². The van der Waals surface area contributed by atoms with Gasteiger partial charge >= 0.3 is 0 Å². The third kappa shape index (κ3) is 4.12. The average molecular weight is 406 g/mol. The molecule has 0 spiro atoms. The van der Waals surface area contributed by atoms with Crippen LogP contribution in [0.1, 0.15) is 18.1 Å². The Hall–Kier alpha value is -2.09. The van der Waals surface area contributed by atoms with Gasteiger partial charge in [0, 0.05) is 37.7 Å². The van der Waals surface area contributed by atoms with Gasteiger partial charge < -0.3 is 20.1 Å². The molecule has 2 N–H and O–H groups in total. The van der Waals surface area contributed by atoms with Crippen LogP contribution in [0.4, 0.5) is 5.69 Å². The maximum absolute atomic E-state index is 4.33. The lowest BCUT2D eigenvalue weighted by molar-refractivity contribution is 0.639. The van der Waals surface area contributed by atoms with Gasteiger partial charge in [0.05, 0.1) is 12.2 Å². The molecule has 0 bridgehead atoms. The number of aromatic nitrogens is 3. The molecule has 1 aromatic carbocycles. The van der Waals surface area contributed by atoms with Gasteiger partial charge in [0.15, 0.2) is 11.8 Å². The lowest BCUT2D eigenvalue weighted by Gasteiger charge is -2.21. The molecule has 8 heteroatoms. The van der Waals surface area contributed by atoms with Crippen LogP contribution in [-0.4, -0.2) is 46.9 Å². The van der Waals surface area contributed by atoms with Gasteiger partial charge in [-0.1, -0.05) is 12.1 Å². The van der Waals surface area contributed by atoms with Crippen LogP contribution in [-0.2, 0) is 13.6 Å². The van der Waals surface area contributed by atoms with Crippen molar-refractivity contribution in [3.63, 3.8) is 0 Å². The van der Waals surface area contributed by atoms with E-state index in [1.54, 1.807) is 7.05 Å². The molecule has 134 valence electrons. The van der Waals surface area contributed by atoms with Crippen molar-refractivity contribution >= 4 is 27.6 Å². The largest absolute Gasteiger partial charge is 0.368 e. The number of guanidine groups is 1. The predicted molar refractivity (Wildman–Crippen MR) is 104 cm³/mol. The minimum atomic E-state index is 0.361. The lowest BCUT2D eigenvalue weighted by Crippen LogP contribution is -2.44. The maximum atomic E-state index is 4.33. The van der Waals surface area contributed by atoms with Crippen molar-refractivity contribution in [1.82, 2.24) is 25.4 Å². The molecule has 7 nitrogen and oxygen atoms in total. The monoisotopic (exact) mass is 405 g/mol. The molecular weight excluding hydrogens is 382 g/mol. The normalized spacial score (nSPS) is 17.8. The number of aliphatic imine (C=N–C) groups is 1. The number of nitrogens with one attached hydrogen (secondary N) is 2. The zero-order valence-corrected chi connectivity index (χ0v) is 16.4. The number of nitrogens with zero attached hydrogens (tertiary/aromatic N) is 5. The summed E-state index contributed by atoms with van der Waals surface area (Å²) in [5, 5.41) is 15.1. The van der Waals surface area contributed by atoms with E-state index in [2.05, 4.69) is 64.9 Å². The number of halogens is 1. The van der Waals surface area contributed by atoms with Gasteiger partial charge in [0.25, 0.3) is 0 Å². The van der Waals surface area contributed by atoms with Crippen molar-refractivity contribution < 1.29 is 0 Å². The number of para-hydroxylation sites is 1. The van der Waals surface area contributed by atoms with Crippen LogP contribution in [0, 0.1) is 6.92 Å². The number of aryl methyl sites for hydroxylation is 1. The fourth-order valence-corrected chi connectivity index (χ4v) is 3.50. The van der Waals surface area contributed by atoms with E-state index in [0.717, 1.165) is 41.6 Å². The molecule has 1 fully saturated rings. The van der Waals surface area contributed by atoms with E-state index in [-0.39, 0.29) is 0 Å². The highest BCUT2D eigenvalue weighted by Crippen LogP contribution is 2.28. The first-order valence-electron chi connectivity index (χ1n) is 8.40. The molecule has 1 aliphatic rings. The van der Waals surface area contributed by atoms with Crippen molar-refractivity contribution in [3.05, 3.63) is 40.4 Å². The van der Waals surface area contributed by atoms with Crippen LogP contribution in [0.2, 0.25) is 0 Å². The van der Waals surface area contributed by atoms with Crippen molar-refractivity contribution in [2.24, 2.45) is 12.0 Å². The van der Waals surface area contributed by atoms with Gasteiger partial charge in [-0.3, -0.25) is 4.99 Å². The Morgan fingerprint density at radius 1 is 1.36 bits per heavy atom. The summed E-state index contributed by atoms with van der Waals surface area (Å²) in [4.78, 5) is 6.72. The highest BCUT2D eigenvalue weighted by molar-refractivity contribution is 9.10. The maximum Gasteiger partial charge on any atom is 0.191 e. The second kappa shape index (κ2) is 7.86. The van der Waals surface area contributed by atoms with Crippen molar-refractivity contribution in [1.29, 1.82) is 0 Å². The molecule has 0 amide bonds. The molecule has 2 aromatic rings. The Labute approximate surface area is 156 Å². The van der Waals surface area contributed by atoms with Gasteiger partial charge in [-0.05, 0) is 41.4 Å². The first-order chi connectivity index (χ1) is 12.1. The van der Waals surface area contributed by atoms with E-state index in [4.69, 9.17) is 0 Å². The van der Waals surface area contributed by atoms with Crippen LogP contribution in [0.3, 0.4) is 0 Å². The molecule has 2 heterocycles. The number of rotatable bonds is 4. The van der Waals surface area contributed by atoms with Gasteiger partial charge in [-0.25, -0.2) is 0 Å². The number of anilines is 1. The molecule has 3 rings (SSSR count). The van der Waals surface area contributed by atoms with E-state index in [9.17, 15) is 0 Å². The Morgan fingerprint density at radius 3 is 2.84 bits per heavy atom. The third-order valence-electron chi connectivity index (χ3n) is 4.54. The highest BCUT2D eigenvalue weighted by atomic mass is 79.9. The highest BCUT2D eigenvalue weighted by Gasteiger charge is 2.24. The molecular formula is C17H24BrN7. The minimum Gasteiger partial charge on any atom is -0.368 e. The number of hydrogen-bond donors (Lipinski definition) is 2. The first kappa shape index (κ1) is 17.7. The zero-order valence-electron chi connectivity index (χ0n) is 14.8. The molecule has 0 saturated carbocycles. The summed E-state index contributed by atoms with van der Waals surface area (Å²) in [6, 6.07) is 8.71. The van der Waals surface area contributed by atoms with Crippen LogP contribution >= 0.6 is 15.9 Å². The minimum absolute atomic E-state index is 0.361. The Balaban J connectivity index is 1.54. The fraction of sp³-hybridized carbons (Fsp3) is 0.471. The summed E-state index contributed by atoms with van der Waals surface area (Å²) < 4.78 is 3.11. The molecule has 1 unspecified atom stereocenters. The second-order valence-corrected chi connectivity index (χ2v) is 7.03. The summed E-state index contributed by atoms with van der Waals surface area (Å²) in [6.07, 6.45) is 1.07. The smallest absolute Gasteiger partial charge is 0.191 e. The Morgan fingerprint density at radius 2 is 2.16 bits per heavy atom. The summed E-state index contributed by atoms with van der Waals surface area (Å²) in [6.45, 7) is 4.52. The standard InChI is InChI=1S/C17H24BrN7/c1-12-22-23-16(24(12)3)10-20-17(19-2)21-13-8-9-25(11-13)15-7-5-4-6-14(15)18/h4-7,13H,8-11H2,1-3H3,(H2,19,20,21).